The molecule has 2 heteroatoms. The Balaban J connectivity index is 1.87. The number of rotatable bonds is 5. The normalized spacial score (nSPS) is 19.9. The van der Waals surface area contributed by atoms with Gasteiger partial charge in [-0.25, -0.2) is 0 Å². The maximum atomic E-state index is 2.39. The second kappa shape index (κ2) is 8.57. The zero-order valence-electron chi connectivity index (χ0n) is 16.4. The Morgan fingerprint density at radius 2 is 1.21 bits per heavy atom. The highest BCUT2D eigenvalue weighted by Crippen LogP contribution is 2.59. The van der Waals surface area contributed by atoms with Gasteiger partial charge in [0.1, 0.15) is 0 Å². The van der Waals surface area contributed by atoms with Crippen molar-refractivity contribution in [1.29, 1.82) is 0 Å². The lowest BCUT2D eigenvalue weighted by atomic mass is 9.89. The summed E-state index contributed by atoms with van der Waals surface area (Å²) in [7, 11) is 1.48. The Hall–Kier alpha value is -2.00. The Kier molecular flexibility index (Phi) is 5.91. The van der Waals surface area contributed by atoms with Gasteiger partial charge in [0.05, 0.1) is 0 Å². The predicted octanol–water partition coefficient (Wildman–Crippen LogP) is 6.43. The SMILES string of the molecule is CC1=C(c2ccccc2C)C(Pc2ccccc2)(Pc2ccccc2)CC=C1. The molecule has 0 spiro atoms. The van der Waals surface area contributed by atoms with E-state index in [4.69, 9.17) is 0 Å². The van der Waals surface area contributed by atoms with Crippen molar-refractivity contribution >= 4 is 33.3 Å². The van der Waals surface area contributed by atoms with Crippen LogP contribution < -0.4 is 10.6 Å². The van der Waals surface area contributed by atoms with E-state index in [0.29, 0.717) is 0 Å². The van der Waals surface area contributed by atoms with Crippen molar-refractivity contribution in [2.45, 2.75) is 25.2 Å². The van der Waals surface area contributed by atoms with Gasteiger partial charge < -0.3 is 0 Å². The van der Waals surface area contributed by atoms with Crippen LogP contribution in [-0.2, 0) is 0 Å². The van der Waals surface area contributed by atoms with Crippen molar-refractivity contribution in [3.8, 4) is 0 Å². The van der Waals surface area contributed by atoms with Crippen LogP contribution in [0.2, 0.25) is 0 Å². The summed E-state index contributed by atoms with van der Waals surface area (Å²) in [6, 6.07) is 31.0. The van der Waals surface area contributed by atoms with E-state index in [9.17, 15) is 0 Å². The minimum absolute atomic E-state index is 0.119. The fourth-order valence-electron chi connectivity index (χ4n) is 4.02. The first kappa shape index (κ1) is 19.3. The first-order chi connectivity index (χ1) is 13.7. The summed E-state index contributed by atoms with van der Waals surface area (Å²) < 4.78 is 0. The molecule has 0 N–H and O–H groups in total. The molecule has 0 aliphatic heterocycles. The number of hydrogen-bond acceptors (Lipinski definition) is 0. The highest BCUT2D eigenvalue weighted by molar-refractivity contribution is 7.68. The maximum Gasteiger partial charge on any atom is 0.0420 e. The molecule has 1 aliphatic rings. The molecular formula is C26H26P2. The van der Waals surface area contributed by atoms with E-state index < -0.39 is 0 Å². The molecule has 0 aromatic heterocycles. The van der Waals surface area contributed by atoms with Crippen LogP contribution in [0.1, 0.15) is 24.5 Å². The van der Waals surface area contributed by atoms with Crippen LogP contribution in [0.3, 0.4) is 0 Å². The first-order valence-corrected chi connectivity index (χ1v) is 11.8. The summed E-state index contributed by atoms with van der Waals surface area (Å²) in [5, 5.41) is 2.89. The van der Waals surface area contributed by atoms with Gasteiger partial charge in [0, 0.05) is 4.90 Å². The van der Waals surface area contributed by atoms with Crippen molar-refractivity contribution < 1.29 is 0 Å². The van der Waals surface area contributed by atoms with E-state index >= 15 is 0 Å². The molecule has 0 nitrogen and oxygen atoms in total. The van der Waals surface area contributed by atoms with Gasteiger partial charge in [0.25, 0.3) is 0 Å². The molecule has 28 heavy (non-hydrogen) atoms. The summed E-state index contributed by atoms with van der Waals surface area (Å²) in [5.74, 6) is 0. The van der Waals surface area contributed by atoms with E-state index in [-0.39, 0.29) is 4.90 Å². The molecule has 3 aromatic carbocycles. The fourth-order valence-corrected chi connectivity index (χ4v) is 8.20. The Morgan fingerprint density at radius 3 is 1.79 bits per heavy atom. The molecule has 0 amide bonds. The lowest BCUT2D eigenvalue weighted by Gasteiger charge is -2.40. The molecule has 0 radical (unpaired) electrons. The van der Waals surface area contributed by atoms with Gasteiger partial charge in [-0.3, -0.25) is 0 Å². The third-order valence-electron chi connectivity index (χ3n) is 5.29. The minimum Gasteiger partial charge on any atom is -0.0827 e. The van der Waals surface area contributed by atoms with E-state index in [1.54, 1.807) is 0 Å². The molecule has 0 saturated heterocycles. The van der Waals surface area contributed by atoms with Crippen molar-refractivity contribution in [3.63, 3.8) is 0 Å². The number of benzene rings is 3. The summed E-state index contributed by atoms with van der Waals surface area (Å²) >= 11 is 0. The number of hydrogen-bond donors (Lipinski definition) is 0. The number of aryl methyl sites for hydroxylation is 1. The van der Waals surface area contributed by atoms with Crippen LogP contribution in [0, 0.1) is 6.92 Å². The van der Waals surface area contributed by atoms with Gasteiger partial charge in [0.15, 0.2) is 0 Å². The van der Waals surface area contributed by atoms with Crippen LogP contribution in [0.5, 0.6) is 0 Å². The van der Waals surface area contributed by atoms with Crippen LogP contribution in [-0.4, -0.2) is 4.90 Å². The molecule has 0 heterocycles. The van der Waals surface area contributed by atoms with Crippen LogP contribution >= 0.6 is 17.2 Å². The Morgan fingerprint density at radius 1 is 0.679 bits per heavy atom. The summed E-state index contributed by atoms with van der Waals surface area (Å²) in [4.78, 5) is 0.119. The van der Waals surface area contributed by atoms with Gasteiger partial charge in [-0.1, -0.05) is 114 Å². The molecular weight excluding hydrogens is 374 g/mol. The standard InChI is InChI=1S/C26H26P2/c1-20-12-9-10-18-24(20)25-21(2)13-11-19-26(25,27-22-14-5-3-6-15-22)28-23-16-7-4-8-17-23/h3-18,27-28H,19H2,1-2H3. The maximum absolute atomic E-state index is 2.39. The van der Waals surface area contributed by atoms with Crippen molar-refractivity contribution in [3.05, 3.63) is 114 Å². The molecule has 140 valence electrons. The molecule has 4 rings (SSSR count). The molecule has 2 unspecified atom stereocenters. The lowest BCUT2D eigenvalue weighted by Crippen LogP contribution is -2.27. The smallest absolute Gasteiger partial charge is 0.0420 e. The average Bonchev–Trinajstić information content (AvgIpc) is 2.71. The van der Waals surface area contributed by atoms with E-state index in [0.717, 1.165) is 23.6 Å². The fraction of sp³-hybridized carbons (Fsp3) is 0.154. The molecule has 0 fully saturated rings. The largest absolute Gasteiger partial charge is 0.0827 e. The predicted molar refractivity (Wildman–Crippen MR) is 129 cm³/mol. The summed E-state index contributed by atoms with van der Waals surface area (Å²) in [6.07, 6.45) is 5.81. The van der Waals surface area contributed by atoms with E-state index in [2.05, 4.69) is 111 Å². The van der Waals surface area contributed by atoms with Crippen LogP contribution in [0.4, 0.5) is 0 Å². The van der Waals surface area contributed by atoms with Crippen LogP contribution in [0.25, 0.3) is 5.57 Å². The highest BCUT2D eigenvalue weighted by Gasteiger charge is 2.38. The third-order valence-corrected chi connectivity index (χ3v) is 9.05. The van der Waals surface area contributed by atoms with Crippen LogP contribution in [0.15, 0.2) is 103 Å². The number of allylic oxidation sites excluding steroid dienone is 4. The van der Waals surface area contributed by atoms with Crippen molar-refractivity contribution in [2.24, 2.45) is 0 Å². The molecule has 2 atom stereocenters. The van der Waals surface area contributed by atoms with Gasteiger partial charge in [-0.2, -0.15) is 0 Å². The molecule has 0 saturated carbocycles. The van der Waals surface area contributed by atoms with E-state index in [1.165, 1.54) is 32.9 Å². The van der Waals surface area contributed by atoms with Crippen molar-refractivity contribution in [2.75, 3.05) is 0 Å². The first-order valence-electron chi connectivity index (χ1n) is 9.78. The monoisotopic (exact) mass is 400 g/mol. The quantitative estimate of drug-likeness (QED) is 0.433. The topological polar surface area (TPSA) is 0 Å². The Labute approximate surface area is 172 Å². The second-order valence-electron chi connectivity index (χ2n) is 7.37. The molecule has 0 bridgehead atoms. The summed E-state index contributed by atoms with van der Waals surface area (Å²) in [6.45, 7) is 4.53. The van der Waals surface area contributed by atoms with E-state index in [1.807, 2.05) is 0 Å². The highest BCUT2D eigenvalue weighted by atomic mass is 31.1. The van der Waals surface area contributed by atoms with Gasteiger partial charge in [0.2, 0.25) is 0 Å². The minimum atomic E-state index is 0.119. The molecule has 1 aliphatic carbocycles. The van der Waals surface area contributed by atoms with Gasteiger partial charge in [-0.05, 0) is 53.2 Å². The van der Waals surface area contributed by atoms with Crippen molar-refractivity contribution in [1.82, 2.24) is 0 Å². The molecule has 3 aromatic rings. The van der Waals surface area contributed by atoms with Gasteiger partial charge >= 0.3 is 0 Å². The zero-order chi connectivity index (χ0) is 19.4. The summed E-state index contributed by atoms with van der Waals surface area (Å²) in [5.41, 5.74) is 5.73. The average molecular weight is 400 g/mol. The second-order valence-corrected chi connectivity index (χ2v) is 11.2. The lowest BCUT2D eigenvalue weighted by molar-refractivity contribution is 0.983. The Bertz CT molecular complexity index is 959. The third kappa shape index (κ3) is 4.05. The van der Waals surface area contributed by atoms with Gasteiger partial charge in [-0.15, -0.1) is 0 Å². The zero-order valence-corrected chi connectivity index (χ0v) is 18.4.